The first-order valence-corrected chi connectivity index (χ1v) is 6.73. The zero-order chi connectivity index (χ0) is 16.0. The molecular weight excluding hydrogens is 272 g/mol. The molecule has 1 aromatic carbocycles. The highest BCUT2D eigenvalue weighted by Crippen LogP contribution is 2.17. The molecule has 0 saturated carbocycles. The van der Waals surface area contributed by atoms with Gasteiger partial charge in [-0.1, -0.05) is 19.1 Å². The Labute approximate surface area is 124 Å². The number of hydrogen-bond acceptors (Lipinski definition) is 4. The molecule has 116 valence electrons. The number of aliphatic hydroxyl groups is 1. The molecule has 0 saturated heterocycles. The van der Waals surface area contributed by atoms with Gasteiger partial charge in [0.2, 0.25) is 0 Å². The molecule has 0 aliphatic carbocycles. The van der Waals surface area contributed by atoms with Crippen molar-refractivity contribution in [3.8, 4) is 0 Å². The van der Waals surface area contributed by atoms with E-state index >= 15 is 0 Å². The summed E-state index contributed by atoms with van der Waals surface area (Å²) in [6.07, 6.45) is -0.598. The zero-order valence-corrected chi connectivity index (χ0v) is 12.8. The van der Waals surface area contributed by atoms with Crippen molar-refractivity contribution in [2.75, 3.05) is 26.0 Å². The van der Waals surface area contributed by atoms with Gasteiger partial charge in [0.05, 0.1) is 19.1 Å². The number of ether oxygens (including phenoxy) is 1. The van der Waals surface area contributed by atoms with Crippen molar-refractivity contribution >= 4 is 17.7 Å². The van der Waals surface area contributed by atoms with Crippen LogP contribution in [0.3, 0.4) is 0 Å². The SMILES string of the molecule is COC(=O)C(C)CN(C)C(=O)Nc1cccc(C(C)O)c1. The lowest BCUT2D eigenvalue weighted by molar-refractivity contribution is -0.145. The Morgan fingerprint density at radius 3 is 2.62 bits per heavy atom. The predicted octanol–water partition coefficient (Wildman–Crippen LogP) is 2.01. The number of hydrogen-bond donors (Lipinski definition) is 2. The van der Waals surface area contributed by atoms with Gasteiger partial charge in [-0.2, -0.15) is 0 Å². The maximum atomic E-state index is 12.0. The van der Waals surface area contributed by atoms with Crippen molar-refractivity contribution in [1.29, 1.82) is 0 Å². The Morgan fingerprint density at radius 2 is 2.05 bits per heavy atom. The number of methoxy groups -OCH3 is 1. The Bertz CT molecular complexity index is 502. The Morgan fingerprint density at radius 1 is 1.38 bits per heavy atom. The Kier molecular flexibility index (Phi) is 6.17. The van der Waals surface area contributed by atoms with E-state index in [1.165, 1.54) is 12.0 Å². The van der Waals surface area contributed by atoms with E-state index in [2.05, 4.69) is 10.1 Å². The van der Waals surface area contributed by atoms with Crippen LogP contribution in [0, 0.1) is 5.92 Å². The van der Waals surface area contributed by atoms with Crippen LogP contribution in [0.1, 0.15) is 25.5 Å². The molecule has 2 N–H and O–H groups in total. The van der Waals surface area contributed by atoms with Gasteiger partial charge in [-0.25, -0.2) is 4.79 Å². The van der Waals surface area contributed by atoms with Crippen LogP contribution in [0.5, 0.6) is 0 Å². The standard InChI is InChI=1S/C15H22N2O4/c1-10(14(19)21-4)9-17(3)15(20)16-13-7-5-6-12(8-13)11(2)18/h5-8,10-11,18H,9H2,1-4H3,(H,16,20). The minimum atomic E-state index is -0.598. The van der Waals surface area contributed by atoms with Gasteiger partial charge in [0.1, 0.15) is 0 Å². The maximum absolute atomic E-state index is 12.0. The molecule has 21 heavy (non-hydrogen) atoms. The number of esters is 1. The summed E-state index contributed by atoms with van der Waals surface area (Å²) in [6.45, 7) is 3.61. The minimum Gasteiger partial charge on any atom is -0.469 e. The summed E-state index contributed by atoms with van der Waals surface area (Å²) in [5.74, 6) is -0.750. The summed E-state index contributed by atoms with van der Waals surface area (Å²) < 4.78 is 4.63. The highest BCUT2D eigenvalue weighted by Gasteiger charge is 2.18. The number of urea groups is 1. The van der Waals surface area contributed by atoms with Gasteiger partial charge in [-0.15, -0.1) is 0 Å². The summed E-state index contributed by atoms with van der Waals surface area (Å²) >= 11 is 0. The summed E-state index contributed by atoms with van der Waals surface area (Å²) in [4.78, 5) is 24.8. The number of carbonyl (C=O) groups is 2. The fourth-order valence-corrected chi connectivity index (χ4v) is 1.86. The lowest BCUT2D eigenvalue weighted by Gasteiger charge is -2.21. The monoisotopic (exact) mass is 294 g/mol. The second-order valence-corrected chi connectivity index (χ2v) is 5.04. The van der Waals surface area contributed by atoms with Gasteiger partial charge in [0, 0.05) is 19.3 Å². The molecule has 0 aromatic heterocycles. The number of aliphatic hydroxyl groups excluding tert-OH is 1. The van der Waals surface area contributed by atoms with Crippen LogP contribution in [0.25, 0.3) is 0 Å². The number of nitrogens with one attached hydrogen (secondary N) is 1. The molecule has 6 nitrogen and oxygen atoms in total. The summed E-state index contributed by atoms with van der Waals surface area (Å²) in [7, 11) is 2.92. The highest BCUT2D eigenvalue weighted by atomic mass is 16.5. The van der Waals surface area contributed by atoms with E-state index in [0.29, 0.717) is 5.69 Å². The normalized spacial score (nSPS) is 13.2. The van der Waals surface area contributed by atoms with Gasteiger partial charge in [0.25, 0.3) is 0 Å². The molecular formula is C15H22N2O4. The molecule has 0 spiro atoms. The molecule has 0 radical (unpaired) electrons. The van der Waals surface area contributed by atoms with Crippen LogP contribution >= 0.6 is 0 Å². The zero-order valence-electron chi connectivity index (χ0n) is 12.8. The van der Waals surface area contributed by atoms with Crippen molar-refractivity contribution in [3.63, 3.8) is 0 Å². The van der Waals surface area contributed by atoms with E-state index < -0.39 is 12.0 Å². The minimum absolute atomic E-state index is 0.259. The van der Waals surface area contributed by atoms with E-state index in [0.717, 1.165) is 5.56 Å². The van der Waals surface area contributed by atoms with Crippen molar-refractivity contribution in [2.24, 2.45) is 5.92 Å². The topological polar surface area (TPSA) is 78.9 Å². The maximum Gasteiger partial charge on any atom is 0.321 e. The first-order chi connectivity index (χ1) is 9.85. The van der Waals surface area contributed by atoms with E-state index in [1.807, 2.05) is 0 Å². The lowest BCUT2D eigenvalue weighted by Crippen LogP contribution is -2.37. The molecule has 0 aliphatic rings. The first kappa shape index (κ1) is 17.0. The lowest BCUT2D eigenvalue weighted by atomic mass is 10.1. The second-order valence-electron chi connectivity index (χ2n) is 5.04. The summed E-state index contributed by atoms with van der Waals surface area (Å²) in [6, 6.07) is 6.66. The molecule has 1 rings (SSSR count). The second kappa shape index (κ2) is 7.64. The third kappa shape index (κ3) is 5.07. The van der Waals surface area contributed by atoms with Gasteiger partial charge in [-0.3, -0.25) is 4.79 Å². The number of anilines is 1. The van der Waals surface area contributed by atoms with Crippen molar-refractivity contribution in [2.45, 2.75) is 20.0 Å². The number of benzene rings is 1. The van der Waals surface area contributed by atoms with Crippen LogP contribution in [-0.2, 0) is 9.53 Å². The molecule has 0 fully saturated rings. The smallest absolute Gasteiger partial charge is 0.321 e. The largest absolute Gasteiger partial charge is 0.469 e. The summed E-state index contributed by atoms with van der Waals surface area (Å²) in [5.41, 5.74) is 1.31. The van der Waals surface area contributed by atoms with Crippen LogP contribution in [-0.4, -0.2) is 42.7 Å². The molecule has 2 amide bonds. The van der Waals surface area contributed by atoms with E-state index in [4.69, 9.17) is 0 Å². The summed E-state index contributed by atoms with van der Waals surface area (Å²) in [5, 5.41) is 12.2. The average Bonchev–Trinajstić information content (AvgIpc) is 2.46. The van der Waals surface area contributed by atoms with Gasteiger partial charge >= 0.3 is 12.0 Å². The number of carbonyl (C=O) groups excluding carboxylic acids is 2. The number of amides is 2. The predicted molar refractivity (Wildman–Crippen MR) is 79.9 cm³/mol. The highest BCUT2D eigenvalue weighted by molar-refractivity contribution is 5.89. The molecule has 2 atom stereocenters. The average molecular weight is 294 g/mol. The van der Waals surface area contributed by atoms with Crippen LogP contribution in [0.15, 0.2) is 24.3 Å². The van der Waals surface area contributed by atoms with Gasteiger partial charge in [-0.05, 0) is 24.6 Å². The van der Waals surface area contributed by atoms with E-state index in [-0.39, 0.29) is 18.5 Å². The molecule has 0 heterocycles. The molecule has 1 aromatic rings. The van der Waals surface area contributed by atoms with Crippen molar-refractivity contribution < 1.29 is 19.4 Å². The molecule has 6 heteroatoms. The van der Waals surface area contributed by atoms with Gasteiger partial charge in [0.15, 0.2) is 0 Å². The van der Waals surface area contributed by atoms with Crippen LogP contribution < -0.4 is 5.32 Å². The number of nitrogens with zero attached hydrogens (tertiary/aromatic N) is 1. The molecule has 0 aliphatic heterocycles. The van der Waals surface area contributed by atoms with Crippen molar-refractivity contribution in [1.82, 2.24) is 4.90 Å². The molecule has 2 unspecified atom stereocenters. The quantitative estimate of drug-likeness (QED) is 0.814. The third-order valence-corrected chi connectivity index (χ3v) is 3.12. The molecule has 0 bridgehead atoms. The van der Waals surface area contributed by atoms with E-state index in [9.17, 15) is 14.7 Å². The van der Waals surface area contributed by atoms with Gasteiger partial charge < -0.3 is 20.1 Å². The van der Waals surface area contributed by atoms with Crippen LogP contribution in [0.2, 0.25) is 0 Å². The Hall–Kier alpha value is -2.08. The fraction of sp³-hybridized carbons (Fsp3) is 0.467. The van der Waals surface area contributed by atoms with E-state index in [1.54, 1.807) is 45.2 Å². The third-order valence-electron chi connectivity index (χ3n) is 3.12. The first-order valence-electron chi connectivity index (χ1n) is 6.73. The van der Waals surface area contributed by atoms with Crippen LogP contribution in [0.4, 0.5) is 10.5 Å². The Balaban J connectivity index is 2.64. The number of rotatable bonds is 5. The van der Waals surface area contributed by atoms with Crippen molar-refractivity contribution in [3.05, 3.63) is 29.8 Å². The fourth-order valence-electron chi connectivity index (χ4n) is 1.86.